The summed E-state index contributed by atoms with van der Waals surface area (Å²) in [7, 11) is -0.933. The number of sulfonamides is 1. The van der Waals surface area contributed by atoms with Crippen LogP contribution in [-0.4, -0.2) is 45.9 Å². The van der Waals surface area contributed by atoms with Crippen LogP contribution in [0.4, 0.5) is 5.69 Å². The van der Waals surface area contributed by atoms with Crippen LogP contribution in [0.3, 0.4) is 0 Å². The number of ether oxygens (including phenoxy) is 2. The number of hydrogen-bond acceptors (Lipinski definition) is 5. The number of carbonyl (C=O) groups is 1. The van der Waals surface area contributed by atoms with Gasteiger partial charge in [-0.15, -0.1) is 0 Å². The summed E-state index contributed by atoms with van der Waals surface area (Å²) < 4.78 is 38.3. The number of piperidine rings is 1. The van der Waals surface area contributed by atoms with Gasteiger partial charge in [0.05, 0.1) is 20.1 Å². The lowest BCUT2D eigenvalue weighted by molar-refractivity contribution is -0.120. The van der Waals surface area contributed by atoms with E-state index in [0.29, 0.717) is 25.1 Å². The van der Waals surface area contributed by atoms with E-state index in [-0.39, 0.29) is 23.1 Å². The first kappa shape index (κ1) is 21.1. The summed E-state index contributed by atoms with van der Waals surface area (Å²) in [5, 5.41) is 2.93. The van der Waals surface area contributed by atoms with Gasteiger partial charge in [-0.1, -0.05) is 18.2 Å². The van der Waals surface area contributed by atoms with Crippen molar-refractivity contribution in [2.75, 3.05) is 32.6 Å². The second kappa shape index (κ2) is 8.84. The smallest absolute Gasteiger partial charge is 0.246 e. The Morgan fingerprint density at radius 2 is 1.90 bits per heavy atom. The fourth-order valence-corrected chi connectivity index (χ4v) is 5.14. The van der Waals surface area contributed by atoms with E-state index in [0.717, 1.165) is 11.3 Å². The summed E-state index contributed by atoms with van der Waals surface area (Å²) in [6.45, 7) is 2.40. The second-order valence-electron chi connectivity index (χ2n) is 7.02. The third kappa shape index (κ3) is 4.54. The summed E-state index contributed by atoms with van der Waals surface area (Å²) in [6.07, 6.45) is 1.25. The highest BCUT2D eigenvalue weighted by molar-refractivity contribution is 7.89. The molecule has 0 radical (unpaired) electrons. The number of benzene rings is 2. The molecule has 1 saturated heterocycles. The number of hydrogen-bond donors (Lipinski definition) is 1. The van der Waals surface area contributed by atoms with Gasteiger partial charge in [0.2, 0.25) is 15.9 Å². The number of methoxy groups -OCH3 is 2. The quantitative estimate of drug-likeness (QED) is 0.779. The molecule has 3 rings (SSSR count). The standard InChI is InChI=1S/C21H26N2O5S/c1-15-7-4-5-9-18(15)22-21(24)16-8-6-12-23(14-16)29(25,26)20-13-17(27-2)10-11-19(20)28-3/h4-5,7,9-11,13,16H,6,8,12,14H2,1-3H3,(H,22,24)/t16-/m0/s1. The molecule has 1 atom stereocenters. The van der Waals surface area contributed by atoms with Crippen LogP contribution >= 0.6 is 0 Å². The highest BCUT2D eigenvalue weighted by Crippen LogP contribution is 2.33. The molecule has 0 saturated carbocycles. The molecular weight excluding hydrogens is 392 g/mol. The van der Waals surface area contributed by atoms with Crippen LogP contribution in [0.1, 0.15) is 18.4 Å². The molecule has 1 N–H and O–H groups in total. The lowest BCUT2D eigenvalue weighted by atomic mass is 9.98. The first-order valence-electron chi connectivity index (χ1n) is 9.45. The van der Waals surface area contributed by atoms with Crippen molar-refractivity contribution >= 4 is 21.6 Å². The Balaban J connectivity index is 1.81. The number of nitrogens with one attached hydrogen (secondary N) is 1. The Morgan fingerprint density at radius 3 is 2.59 bits per heavy atom. The average molecular weight is 419 g/mol. The molecule has 156 valence electrons. The average Bonchev–Trinajstić information content (AvgIpc) is 2.74. The summed E-state index contributed by atoms with van der Waals surface area (Å²) in [4.78, 5) is 12.8. The van der Waals surface area contributed by atoms with Crippen LogP contribution in [0.5, 0.6) is 11.5 Å². The predicted octanol–water partition coefficient (Wildman–Crippen LogP) is 3.05. The zero-order valence-electron chi connectivity index (χ0n) is 16.8. The van der Waals surface area contributed by atoms with Crippen LogP contribution < -0.4 is 14.8 Å². The Hall–Kier alpha value is -2.58. The molecule has 0 unspecified atom stereocenters. The van der Waals surface area contributed by atoms with Gasteiger partial charge < -0.3 is 14.8 Å². The molecule has 1 heterocycles. The number of nitrogens with zero attached hydrogens (tertiary/aromatic N) is 1. The molecule has 1 aliphatic rings. The summed E-state index contributed by atoms with van der Waals surface area (Å²) in [5.74, 6) is 0.0825. The minimum absolute atomic E-state index is 0.0410. The van der Waals surface area contributed by atoms with E-state index in [2.05, 4.69) is 5.32 Å². The minimum atomic E-state index is -3.84. The monoisotopic (exact) mass is 418 g/mol. The number of amides is 1. The second-order valence-corrected chi connectivity index (χ2v) is 8.93. The van der Waals surface area contributed by atoms with Gasteiger partial charge in [-0.25, -0.2) is 8.42 Å². The molecule has 2 aromatic rings. The van der Waals surface area contributed by atoms with Crippen LogP contribution in [-0.2, 0) is 14.8 Å². The molecular formula is C21H26N2O5S. The Morgan fingerprint density at radius 1 is 1.14 bits per heavy atom. The van der Waals surface area contributed by atoms with E-state index < -0.39 is 15.9 Å². The van der Waals surface area contributed by atoms with Crippen molar-refractivity contribution in [2.45, 2.75) is 24.7 Å². The molecule has 8 heteroatoms. The Bertz CT molecular complexity index is 990. The lowest BCUT2D eigenvalue weighted by Crippen LogP contribution is -2.43. The topological polar surface area (TPSA) is 84.9 Å². The maximum Gasteiger partial charge on any atom is 0.246 e. The number of rotatable bonds is 6. The molecule has 0 aromatic heterocycles. The normalized spacial score (nSPS) is 17.6. The zero-order valence-corrected chi connectivity index (χ0v) is 17.7. The summed E-state index contributed by atoms with van der Waals surface area (Å²) in [5.41, 5.74) is 1.70. The molecule has 0 aliphatic carbocycles. The highest BCUT2D eigenvalue weighted by atomic mass is 32.2. The van der Waals surface area contributed by atoms with Gasteiger partial charge in [-0.2, -0.15) is 4.31 Å². The molecule has 1 amide bonds. The van der Waals surface area contributed by atoms with E-state index in [4.69, 9.17) is 9.47 Å². The predicted molar refractivity (Wildman–Crippen MR) is 111 cm³/mol. The molecule has 2 aromatic carbocycles. The van der Waals surface area contributed by atoms with Crippen molar-refractivity contribution in [3.63, 3.8) is 0 Å². The van der Waals surface area contributed by atoms with Gasteiger partial charge >= 0.3 is 0 Å². The van der Waals surface area contributed by atoms with Crippen LogP contribution in [0.25, 0.3) is 0 Å². The van der Waals surface area contributed by atoms with Gasteiger partial charge in [0, 0.05) is 24.8 Å². The molecule has 29 heavy (non-hydrogen) atoms. The van der Waals surface area contributed by atoms with E-state index in [9.17, 15) is 13.2 Å². The first-order valence-corrected chi connectivity index (χ1v) is 10.9. The number of anilines is 1. The van der Waals surface area contributed by atoms with Crippen molar-refractivity contribution < 1.29 is 22.7 Å². The maximum absolute atomic E-state index is 13.3. The van der Waals surface area contributed by atoms with E-state index in [1.165, 1.54) is 24.6 Å². The SMILES string of the molecule is COc1ccc(OC)c(S(=O)(=O)N2CCC[C@H](C(=O)Nc3ccccc3C)C2)c1. The summed E-state index contributed by atoms with van der Waals surface area (Å²) in [6, 6.07) is 12.2. The number of aryl methyl sites for hydroxylation is 1. The Labute approximate surface area is 171 Å². The maximum atomic E-state index is 13.3. The Kier molecular flexibility index (Phi) is 6.44. The van der Waals surface area contributed by atoms with Crippen LogP contribution in [0.15, 0.2) is 47.4 Å². The third-order valence-electron chi connectivity index (χ3n) is 5.15. The fraction of sp³-hybridized carbons (Fsp3) is 0.381. The number of carbonyl (C=O) groups excluding carboxylic acids is 1. The van der Waals surface area contributed by atoms with E-state index in [1.54, 1.807) is 12.1 Å². The van der Waals surface area contributed by atoms with Crippen molar-refractivity contribution in [1.29, 1.82) is 0 Å². The van der Waals surface area contributed by atoms with Gasteiger partial charge in [0.15, 0.2) is 0 Å². The van der Waals surface area contributed by atoms with Crippen molar-refractivity contribution in [1.82, 2.24) is 4.31 Å². The minimum Gasteiger partial charge on any atom is -0.497 e. The van der Waals surface area contributed by atoms with Crippen molar-refractivity contribution in [2.24, 2.45) is 5.92 Å². The lowest BCUT2D eigenvalue weighted by Gasteiger charge is -2.31. The molecule has 7 nitrogen and oxygen atoms in total. The van der Waals surface area contributed by atoms with Gasteiger partial charge in [0.1, 0.15) is 16.4 Å². The van der Waals surface area contributed by atoms with Crippen LogP contribution in [0.2, 0.25) is 0 Å². The number of para-hydroxylation sites is 1. The third-order valence-corrected chi connectivity index (χ3v) is 7.03. The van der Waals surface area contributed by atoms with Crippen LogP contribution in [0, 0.1) is 12.8 Å². The van der Waals surface area contributed by atoms with E-state index >= 15 is 0 Å². The highest BCUT2D eigenvalue weighted by Gasteiger charge is 2.35. The van der Waals surface area contributed by atoms with Crippen molar-refractivity contribution in [3.05, 3.63) is 48.0 Å². The molecule has 1 fully saturated rings. The summed E-state index contributed by atoms with van der Waals surface area (Å²) >= 11 is 0. The fourth-order valence-electron chi connectivity index (χ4n) is 3.45. The van der Waals surface area contributed by atoms with Gasteiger partial charge in [-0.05, 0) is 43.5 Å². The first-order chi connectivity index (χ1) is 13.9. The van der Waals surface area contributed by atoms with Gasteiger partial charge in [0.25, 0.3) is 0 Å². The zero-order chi connectivity index (χ0) is 21.0. The largest absolute Gasteiger partial charge is 0.497 e. The molecule has 0 bridgehead atoms. The molecule has 0 spiro atoms. The van der Waals surface area contributed by atoms with Crippen molar-refractivity contribution in [3.8, 4) is 11.5 Å². The van der Waals surface area contributed by atoms with E-state index in [1.807, 2.05) is 31.2 Å². The van der Waals surface area contributed by atoms with Gasteiger partial charge in [-0.3, -0.25) is 4.79 Å². The molecule has 1 aliphatic heterocycles.